The number of anilines is 2. The second-order valence-electron chi connectivity index (χ2n) is 12.1. The second kappa shape index (κ2) is 13.5. The van der Waals surface area contributed by atoms with E-state index in [-0.39, 0.29) is 35.0 Å². The van der Waals surface area contributed by atoms with Crippen LogP contribution in [0.2, 0.25) is 0 Å². The molecule has 1 aromatic heterocycles. The predicted molar refractivity (Wildman–Crippen MR) is 179 cm³/mol. The van der Waals surface area contributed by atoms with E-state index in [1.54, 1.807) is 24.0 Å². The van der Waals surface area contributed by atoms with Crippen LogP contribution in [0.25, 0.3) is 16.6 Å². The van der Waals surface area contributed by atoms with Crippen molar-refractivity contribution in [1.29, 1.82) is 5.26 Å². The molecule has 4 aromatic rings. The van der Waals surface area contributed by atoms with Gasteiger partial charge >= 0.3 is 16.3 Å². The molecule has 0 bridgehead atoms. The van der Waals surface area contributed by atoms with Crippen molar-refractivity contribution in [3.63, 3.8) is 0 Å². The van der Waals surface area contributed by atoms with Gasteiger partial charge in [-0.05, 0) is 75.4 Å². The number of ether oxygens (including phenoxy) is 2. The minimum absolute atomic E-state index is 0.0427. The number of nitriles is 1. The number of carbonyl (C=O) groups excluding carboxylic acids is 1. The number of nitrogens with zero attached hydrogens (tertiary/aromatic N) is 6. The summed E-state index contributed by atoms with van der Waals surface area (Å²) in [6, 6.07) is 15.7. The molecule has 5 rings (SSSR count). The maximum Gasteiger partial charge on any atom is 0.410 e. The Balaban J connectivity index is 1.36. The van der Waals surface area contributed by atoms with Gasteiger partial charge in [0, 0.05) is 45.5 Å². The lowest BCUT2D eigenvalue weighted by molar-refractivity contribution is 0.0240. The Hall–Kier alpha value is -5.20. The Morgan fingerprint density at radius 2 is 1.73 bits per heavy atom. The highest BCUT2D eigenvalue weighted by atomic mass is 32.2. The zero-order valence-electron chi connectivity index (χ0n) is 27.2. The second-order valence-corrected chi connectivity index (χ2v) is 13.9. The summed E-state index contributed by atoms with van der Waals surface area (Å²) < 4.78 is 56.0. The van der Waals surface area contributed by atoms with Crippen LogP contribution in [-0.4, -0.2) is 78.6 Å². The third-order valence-corrected chi connectivity index (χ3v) is 9.25. The third kappa shape index (κ3) is 7.35. The normalized spacial score (nSPS) is 13.8. The van der Waals surface area contributed by atoms with E-state index in [9.17, 15) is 27.7 Å². The van der Waals surface area contributed by atoms with Crippen molar-refractivity contribution in [2.24, 2.45) is 0 Å². The van der Waals surface area contributed by atoms with Crippen LogP contribution in [-0.2, 0) is 14.9 Å². The Morgan fingerprint density at radius 1 is 1.06 bits per heavy atom. The topological polar surface area (TPSA) is 150 Å². The summed E-state index contributed by atoms with van der Waals surface area (Å²) in [5.74, 6) is -1.35. The molecule has 1 aliphatic rings. The summed E-state index contributed by atoms with van der Waals surface area (Å²) >= 11 is 0. The average Bonchev–Trinajstić information content (AvgIpc) is 3.05. The number of piperazine rings is 1. The molecule has 0 radical (unpaired) electrons. The van der Waals surface area contributed by atoms with Crippen molar-refractivity contribution in [2.75, 3.05) is 49.4 Å². The lowest BCUT2D eigenvalue weighted by atomic mass is 10.1. The molecular formula is C33H36FN7O6S. The first-order valence-electron chi connectivity index (χ1n) is 15.2. The number of rotatable bonds is 8. The molecule has 0 spiro atoms. The molecule has 1 fully saturated rings. The van der Waals surface area contributed by atoms with Gasteiger partial charge in [-0.15, -0.1) is 0 Å². The average molecular weight is 678 g/mol. The molecule has 1 aliphatic heterocycles. The number of halogens is 1. The van der Waals surface area contributed by atoms with Crippen LogP contribution in [0.3, 0.4) is 0 Å². The van der Waals surface area contributed by atoms with Crippen LogP contribution in [0.4, 0.5) is 20.6 Å². The van der Waals surface area contributed by atoms with E-state index < -0.39 is 32.9 Å². The molecule has 48 heavy (non-hydrogen) atoms. The Bertz CT molecular complexity index is 2050. The molecule has 1 N–H and O–H groups in total. The highest BCUT2D eigenvalue weighted by Gasteiger charge is 2.26. The molecule has 1 saturated heterocycles. The van der Waals surface area contributed by atoms with E-state index in [1.165, 1.54) is 36.1 Å². The van der Waals surface area contributed by atoms with E-state index in [2.05, 4.69) is 14.6 Å². The zero-order valence-corrected chi connectivity index (χ0v) is 28.0. The van der Waals surface area contributed by atoms with Crippen molar-refractivity contribution in [1.82, 2.24) is 18.8 Å². The third-order valence-electron chi connectivity index (χ3n) is 7.69. The fourth-order valence-corrected chi connectivity index (χ4v) is 5.95. The lowest BCUT2D eigenvalue weighted by Crippen LogP contribution is -2.50. The number of hydrogen-bond donors (Lipinski definition) is 1. The fourth-order valence-electron chi connectivity index (χ4n) is 5.00. The molecule has 3 aromatic carbocycles. The van der Waals surface area contributed by atoms with Crippen LogP contribution in [0.1, 0.15) is 33.3 Å². The van der Waals surface area contributed by atoms with Gasteiger partial charge in [0.25, 0.3) is 5.56 Å². The predicted octanol–water partition coefficient (Wildman–Crippen LogP) is 4.85. The van der Waals surface area contributed by atoms with Crippen molar-refractivity contribution >= 4 is 38.6 Å². The van der Waals surface area contributed by atoms with Gasteiger partial charge in [0.05, 0.1) is 22.3 Å². The number of benzene rings is 3. The van der Waals surface area contributed by atoms with Crippen molar-refractivity contribution in [2.45, 2.75) is 33.3 Å². The molecule has 0 aliphatic carbocycles. The van der Waals surface area contributed by atoms with Crippen LogP contribution < -0.4 is 19.9 Å². The maximum absolute atomic E-state index is 15.0. The Labute approximate surface area is 277 Å². The van der Waals surface area contributed by atoms with Gasteiger partial charge in [-0.1, -0.05) is 6.92 Å². The SMILES string of the molecule is CCN(C)S(=O)(=O)Nc1ccc(F)c(Oc2ccc3ncn(-c4ccc(N5CCN(C(=O)OC(C)(C)C)CC5)cc4)c(=O)c3c2)c1C#N. The quantitative estimate of drug-likeness (QED) is 0.276. The molecule has 13 nitrogen and oxygen atoms in total. The van der Waals surface area contributed by atoms with E-state index >= 15 is 0 Å². The summed E-state index contributed by atoms with van der Waals surface area (Å²) in [6.45, 7) is 9.60. The highest BCUT2D eigenvalue weighted by molar-refractivity contribution is 7.90. The first-order valence-corrected chi connectivity index (χ1v) is 16.6. The number of hydrogen-bond acceptors (Lipinski definition) is 9. The van der Waals surface area contributed by atoms with E-state index in [0.29, 0.717) is 37.4 Å². The van der Waals surface area contributed by atoms with Gasteiger partial charge in [-0.25, -0.2) is 14.2 Å². The summed E-state index contributed by atoms with van der Waals surface area (Å²) in [5.41, 5.74) is 0.371. The van der Waals surface area contributed by atoms with Crippen molar-refractivity contribution in [3.8, 4) is 23.3 Å². The van der Waals surface area contributed by atoms with Gasteiger partial charge in [-0.3, -0.25) is 14.1 Å². The number of nitrogens with one attached hydrogen (secondary N) is 1. The van der Waals surface area contributed by atoms with Crippen LogP contribution in [0, 0.1) is 17.1 Å². The fraction of sp³-hybridized carbons (Fsp3) is 0.333. The smallest absolute Gasteiger partial charge is 0.410 e. The first kappa shape index (κ1) is 34.1. The van der Waals surface area contributed by atoms with Gasteiger partial charge in [0.1, 0.15) is 29.3 Å². The first-order chi connectivity index (χ1) is 22.7. The molecule has 15 heteroatoms. The molecule has 0 saturated carbocycles. The number of aromatic nitrogens is 2. The molecule has 252 valence electrons. The molecular weight excluding hydrogens is 641 g/mol. The summed E-state index contributed by atoms with van der Waals surface area (Å²) in [4.78, 5) is 34.3. The van der Waals surface area contributed by atoms with E-state index in [0.717, 1.165) is 22.1 Å². The molecule has 0 unspecified atom stereocenters. The highest BCUT2D eigenvalue weighted by Crippen LogP contribution is 2.34. The Kier molecular flexibility index (Phi) is 9.60. The number of fused-ring (bicyclic) bond motifs is 1. The molecule has 1 amide bonds. The van der Waals surface area contributed by atoms with Crippen LogP contribution in [0.15, 0.2) is 65.7 Å². The Morgan fingerprint density at radius 3 is 2.35 bits per heavy atom. The molecule has 2 heterocycles. The number of carbonyl (C=O) groups is 1. The summed E-state index contributed by atoms with van der Waals surface area (Å²) in [6.07, 6.45) is 1.08. The van der Waals surface area contributed by atoms with Gasteiger partial charge in [0.2, 0.25) is 0 Å². The maximum atomic E-state index is 15.0. The van der Waals surface area contributed by atoms with Gasteiger partial charge in [0.15, 0.2) is 11.6 Å². The minimum Gasteiger partial charge on any atom is -0.453 e. The van der Waals surface area contributed by atoms with Crippen molar-refractivity contribution < 1.29 is 27.1 Å². The van der Waals surface area contributed by atoms with Crippen LogP contribution >= 0.6 is 0 Å². The standard InChI is InChI=1S/C33H36FN7O6S/c1-6-38(5)48(44,45)37-29-14-12-27(34)30(26(29)20-35)46-24-11-13-28-25(19-24)31(42)41(21-36-28)23-9-7-22(8-10-23)39-15-17-40(18-16-39)32(43)47-33(2,3)4/h7-14,19,21,37H,6,15-18H2,1-5H3. The van der Waals surface area contributed by atoms with E-state index in [4.69, 9.17) is 9.47 Å². The van der Waals surface area contributed by atoms with Crippen molar-refractivity contribution in [3.05, 3.63) is 82.7 Å². The number of amides is 1. The van der Waals surface area contributed by atoms with Crippen LogP contribution in [0.5, 0.6) is 11.5 Å². The van der Waals surface area contributed by atoms with E-state index in [1.807, 2.05) is 39.0 Å². The summed E-state index contributed by atoms with van der Waals surface area (Å²) in [5, 5.41) is 9.99. The molecule has 0 atom stereocenters. The zero-order chi connectivity index (χ0) is 34.8. The monoisotopic (exact) mass is 677 g/mol. The summed E-state index contributed by atoms with van der Waals surface area (Å²) in [7, 11) is -2.65. The van der Waals surface area contributed by atoms with Gasteiger partial charge < -0.3 is 19.3 Å². The largest absolute Gasteiger partial charge is 0.453 e. The lowest BCUT2D eigenvalue weighted by Gasteiger charge is -2.36. The minimum atomic E-state index is -4.00. The van der Waals surface area contributed by atoms with Gasteiger partial charge in [-0.2, -0.15) is 18.0 Å².